The zero-order valence-electron chi connectivity index (χ0n) is 10.3. The first kappa shape index (κ1) is 16.1. The number of nitrogens with one attached hydrogen (secondary N) is 1. The molecule has 0 amide bonds. The summed E-state index contributed by atoms with van der Waals surface area (Å²) in [6, 6.07) is 1.45. The zero-order chi connectivity index (χ0) is 15.6. The summed E-state index contributed by atoms with van der Waals surface area (Å²) in [5.41, 5.74) is 1.17. The van der Waals surface area contributed by atoms with Crippen molar-refractivity contribution in [2.24, 2.45) is 0 Å². The van der Waals surface area contributed by atoms with E-state index in [2.05, 4.69) is 35.4 Å². The maximum atomic E-state index is 12.3. The van der Waals surface area contributed by atoms with Crippen LogP contribution in [0.1, 0.15) is 10.5 Å². The number of thiazole rings is 1. The molecule has 0 saturated carbocycles. The van der Waals surface area contributed by atoms with Crippen LogP contribution in [-0.4, -0.2) is 31.5 Å². The predicted octanol–water partition coefficient (Wildman–Crippen LogP) is 2.54. The average Bonchev–Trinajstić information content (AvgIpc) is 2.92. The number of pyridine rings is 1. The van der Waals surface area contributed by atoms with Gasteiger partial charge in [0.05, 0.1) is 29.0 Å². The molecule has 0 saturated heterocycles. The van der Waals surface area contributed by atoms with Gasteiger partial charge in [0.2, 0.25) is 0 Å². The van der Waals surface area contributed by atoms with Gasteiger partial charge >= 0.3 is 5.97 Å². The van der Waals surface area contributed by atoms with Crippen LogP contribution < -0.4 is 4.72 Å². The van der Waals surface area contributed by atoms with E-state index in [4.69, 9.17) is 11.6 Å². The van der Waals surface area contributed by atoms with E-state index in [-0.39, 0.29) is 20.7 Å². The fraction of sp³-hybridized carbons (Fsp3) is 0.100. The smallest absolute Gasteiger partial charge is 0.358 e. The summed E-state index contributed by atoms with van der Waals surface area (Å²) in [6.07, 6.45) is 1.25. The van der Waals surface area contributed by atoms with E-state index in [0.29, 0.717) is 4.47 Å². The highest BCUT2D eigenvalue weighted by Gasteiger charge is 2.26. The predicted molar refractivity (Wildman–Crippen MR) is 81.2 cm³/mol. The standard InChI is InChI=1S/C10H7BrClN3O4S2/c1-19-9(16)7-10(20-4-14-7)21(17,18)15-5-2-6(11)8(12)13-3-5/h2-4,15H,1H3. The van der Waals surface area contributed by atoms with Crippen LogP contribution in [0, 0.1) is 0 Å². The molecule has 0 aliphatic heterocycles. The van der Waals surface area contributed by atoms with Crippen molar-refractivity contribution in [3.8, 4) is 0 Å². The Kier molecular flexibility index (Phi) is 4.81. The Morgan fingerprint density at radius 1 is 1.48 bits per heavy atom. The first-order valence-corrected chi connectivity index (χ1v) is 8.74. The van der Waals surface area contributed by atoms with Gasteiger partial charge in [-0.1, -0.05) is 11.6 Å². The van der Waals surface area contributed by atoms with Crippen LogP contribution in [0.3, 0.4) is 0 Å². The molecular weight excluding hydrogens is 406 g/mol. The number of nitrogens with zero attached hydrogens (tertiary/aromatic N) is 2. The molecule has 2 aromatic rings. The van der Waals surface area contributed by atoms with E-state index in [0.717, 1.165) is 18.4 Å². The van der Waals surface area contributed by atoms with Gasteiger partial charge < -0.3 is 4.74 Å². The molecule has 112 valence electrons. The van der Waals surface area contributed by atoms with Crippen molar-refractivity contribution in [3.63, 3.8) is 0 Å². The third kappa shape index (κ3) is 3.51. The normalized spacial score (nSPS) is 11.2. The minimum Gasteiger partial charge on any atom is -0.464 e. The van der Waals surface area contributed by atoms with Gasteiger partial charge in [0.25, 0.3) is 10.0 Å². The van der Waals surface area contributed by atoms with E-state index in [9.17, 15) is 13.2 Å². The summed E-state index contributed by atoms with van der Waals surface area (Å²) in [5.74, 6) is -0.827. The molecule has 0 radical (unpaired) electrons. The second-order valence-corrected chi connectivity index (χ2v) is 7.53. The molecule has 2 heterocycles. The first-order chi connectivity index (χ1) is 9.85. The highest BCUT2D eigenvalue weighted by molar-refractivity contribution is 9.10. The lowest BCUT2D eigenvalue weighted by Gasteiger charge is -2.07. The van der Waals surface area contributed by atoms with Crippen molar-refractivity contribution >= 4 is 60.5 Å². The molecule has 21 heavy (non-hydrogen) atoms. The lowest BCUT2D eigenvalue weighted by molar-refractivity contribution is 0.0590. The molecule has 0 aliphatic rings. The quantitative estimate of drug-likeness (QED) is 0.612. The lowest BCUT2D eigenvalue weighted by Crippen LogP contribution is -2.16. The van der Waals surface area contributed by atoms with Crippen molar-refractivity contribution in [1.82, 2.24) is 9.97 Å². The van der Waals surface area contributed by atoms with Crippen LogP contribution in [0.4, 0.5) is 5.69 Å². The van der Waals surface area contributed by atoms with Gasteiger partial charge in [0.1, 0.15) is 5.15 Å². The third-order valence-electron chi connectivity index (χ3n) is 2.21. The topological polar surface area (TPSA) is 98.2 Å². The first-order valence-electron chi connectivity index (χ1n) is 5.21. The maximum Gasteiger partial charge on any atom is 0.358 e. The molecule has 11 heteroatoms. The summed E-state index contributed by atoms with van der Waals surface area (Å²) in [7, 11) is -2.84. The Morgan fingerprint density at radius 2 is 2.19 bits per heavy atom. The molecule has 0 bridgehead atoms. The molecule has 0 spiro atoms. The fourth-order valence-corrected chi connectivity index (χ4v) is 3.96. The van der Waals surface area contributed by atoms with Crippen LogP contribution in [0.25, 0.3) is 0 Å². The molecule has 0 unspecified atom stereocenters. The van der Waals surface area contributed by atoms with E-state index >= 15 is 0 Å². The van der Waals surface area contributed by atoms with Crippen LogP contribution in [0.2, 0.25) is 5.15 Å². The molecule has 2 rings (SSSR count). The number of carbonyl (C=O) groups excluding carboxylic acids is 1. The van der Waals surface area contributed by atoms with Gasteiger partial charge in [0, 0.05) is 0 Å². The van der Waals surface area contributed by atoms with Gasteiger partial charge in [-0.25, -0.2) is 23.2 Å². The summed E-state index contributed by atoms with van der Waals surface area (Å²) >= 11 is 9.68. The molecule has 0 fully saturated rings. The Hall–Kier alpha value is -1.23. The summed E-state index contributed by atoms with van der Waals surface area (Å²) < 4.78 is 31.5. The van der Waals surface area contributed by atoms with E-state index in [1.807, 2.05) is 0 Å². The number of hydrogen-bond acceptors (Lipinski definition) is 7. The number of ether oxygens (including phenoxy) is 1. The summed E-state index contributed by atoms with van der Waals surface area (Å²) in [5, 5.41) is 0.200. The number of esters is 1. The largest absolute Gasteiger partial charge is 0.464 e. The van der Waals surface area contributed by atoms with Crippen molar-refractivity contribution in [1.29, 1.82) is 0 Å². The number of carbonyl (C=O) groups is 1. The van der Waals surface area contributed by atoms with Gasteiger partial charge in [-0.15, -0.1) is 11.3 Å². The van der Waals surface area contributed by atoms with Crippen LogP contribution >= 0.6 is 38.9 Å². The van der Waals surface area contributed by atoms with Crippen molar-refractivity contribution in [2.45, 2.75) is 4.21 Å². The molecule has 7 nitrogen and oxygen atoms in total. The van der Waals surface area contributed by atoms with Crippen molar-refractivity contribution in [3.05, 3.63) is 33.1 Å². The number of aromatic nitrogens is 2. The number of halogens is 2. The highest BCUT2D eigenvalue weighted by atomic mass is 79.9. The third-order valence-corrected chi connectivity index (χ3v) is 6.09. The second kappa shape index (κ2) is 6.26. The monoisotopic (exact) mass is 411 g/mol. The molecule has 0 aromatic carbocycles. The van der Waals surface area contributed by atoms with Gasteiger partial charge in [-0.3, -0.25) is 4.72 Å². The van der Waals surface area contributed by atoms with Gasteiger partial charge in [-0.05, 0) is 22.0 Å². The number of hydrogen-bond donors (Lipinski definition) is 1. The highest BCUT2D eigenvalue weighted by Crippen LogP contribution is 2.27. The Morgan fingerprint density at radius 3 is 2.81 bits per heavy atom. The Labute approximate surface area is 137 Å². The number of sulfonamides is 1. The van der Waals surface area contributed by atoms with E-state index in [1.165, 1.54) is 17.8 Å². The maximum absolute atomic E-state index is 12.3. The van der Waals surface area contributed by atoms with E-state index in [1.54, 1.807) is 0 Å². The molecule has 0 atom stereocenters. The minimum absolute atomic E-state index is 0.190. The minimum atomic E-state index is -3.98. The van der Waals surface area contributed by atoms with Crippen LogP contribution in [0.15, 0.2) is 26.5 Å². The SMILES string of the molecule is COC(=O)c1ncsc1S(=O)(=O)Nc1cnc(Cl)c(Br)c1. The van der Waals surface area contributed by atoms with Crippen molar-refractivity contribution in [2.75, 3.05) is 11.8 Å². The van der Waals surface area contributed by atoms with Crippen molar-refractivity contribution < 1.29 is 17.9 Å². The molecule has 0 aliphatic carbocycles. The molecule has 1 N–H and O–H groups in total. The van der Waals surface area contributed by atoms with Crippen LogP contribution in [0.5, 0.6) is 0 Å². The Bertz CT molecular complexity index is 793. The van der Waals surface area contributed by atoms with Crippen LogP contribution in [-0.2, 0) is 14.8 Å². The van der Waals surface area contributed by atoms with Gasteiger partial charge in [-0.2, -0.15) is 0 Å². The average molecular weight is 413 g/mol. The van der Waals surface area contributed by atoms with Gasteiger partial charge in [0.15, 0.2) is 9.90 Å². The zero-order valence-corrected chi connectivity index (χ0v) is 14.3. The molecule has 2 aromatic heterocycles. The lowest BCUT2D eigenvalue weighted by atomic mass is 10.4. The van der Waals surface area contributed by atoms with E-state index < -0.39 is 16.0 Å². The number of rotatable bonds is 4. The summed E-state index contributed by atoms with van der Waals surface area (Å²) in [6.45, 7) is 0. The number of methoxy groups -OCH3 is 1. The number of anilines is 1. The summed E-state index contributed by atoms with van der Waals surface area (Å²) in [4.78, 5) is 19.0. The Balaban J connectivity index is 2.37. The molecular formula is C10H7BrClN3O4S2. The second-order valence-electron chi connectivity index (χ2n) is 3.58. The fourth-order valence-electron chi connectivity index (χ4n) is 1.34.